The van der Waals surface area contributed by atoms with Gasteiger partial charge in [0.2, 0.25) is 0 Å². The number of benzene rings is 2. The van der Waals surface area contributed by atoms with Gasteiger partial charge in [-0.1, -0.05) is 32.0 Å². The molecule has 1 N–H and O–H groups in total. The normalized spacial score (nSPS) is 13.0. The summed E-state index contributed by atoms with van der Waals surface area (Å²) < 4.78 is 15.0. The van der Waals surface area contributed by atoms with E-state index in [1.165, 1.54) is 12.1 Å². The van der Waals surface area contributed by atoms with Crippen molar-refractivity contribution in [3.8, 4) is 5.69 Å². The number of amides is 1. The van der Waals surface area contributed by atoms with Crippen molar-refractivity contribution in [1.29, 1.82) is 0 Å². The molecule has 1 aromatic heterocycles. The average molecular weight is 363 g/mol. The van der Waals surface area contributed by atoms with Crippen molar-refractivity contribution < 1.29 is 9.18 Å². The molecule has 1 aliphatic rings. The molecule has 0 unspecified atom stereocenters. The molecular formula is C22H22FN3O. The first-order valence-electron chi connectivity index (χ1n) is 9.31. The topological polar surface area (TPSA) is 46.9 Å². The number of nitrogens with zero attached hydrogens (tertiary/aromatic N) is 2. The number of para-hydroxylation sites is 1. The molecule has 4 rings (SSSR count). The monoisotopic (exact) mass is 363 g/mol. The number of fused-ring (bicyclic) bond motifs is 1. The predicted octanol–water partition coefficient (Wildman–Crippen LogP) is 4.88. The zero-order chi connectivity index (χ0) is 19.0. The van der Waals surface area contributed by atoms with E-state index in [1.807, 2.05) is 24.3 Å². The highest BCUT2D eigenvalue weighted by Crippen LogP contribution is 2.29. The minimum Gasteiger partial charge on any atom is -0.320 e. The van der Waals surface area contributed by atoms with Gasteiger partial charge in [-0.15, -0.1) is 0 Å². The summed E-state index contributed by atoms with van der Waals surface area (Å²) in [7, 11) is 0. The van der Waals surface area contributed by atoms with Crippen molar-refractivity contribution in [3.63, 3.8) is 0 Å². The summed E-state index contributed by atoms with van der Waals surface area (Å²) in [5.74, 6) is -0.170. The molecule has 138 valence electrons. The number of rotatable bonds is 4. The van der Waals surface area contributed by atoms with E-state index in [0.717, 1.165) is 47.5 Å². The summed E-state index contributed by atoms with van der Waals surface area (Å²) in [4.78, 5) is 13.0. The molecule has 1 amide bonds. The van der Waals surface area contributed by atoms with Crippen LogP contribution in [0.2, 0.25) is 0 Å². The van der Waals surface area contributed by atoms with E-state index in [1.54, 1.807) is 16.8 Å². The summed E-state index contributed by atoms with van der Waals surface area (Å²) in [6.45, 7) is 4.21. The van der Waals surface area contributed by atoms with Crippen LogP contribution in [0.4, 0.5) is 10.1 Å². The van der Waals surface area contributed by atoms with Gasteiger partial charge in [0.05, 0.1) is 5.69 Å². The minimum atomic E-state index is -0.286. The SMILES string of the molecule is CC(C)c1ccccc1NC(=O)c1nn(-c2ccc(F)cc2)c2c1CCC2. The van der Waals surface area contributed by atoms with Gasteiger partial charge in [0, 0.05) is 16.9 Å². The maximum atomic E-state index is 13.3. The van der Waals surface area contributed by atoms with Crippen LogP contribution in [0.5, 0.6) is 0 Å². The average Bonchev–Trinajstić information content (AvgIpc) is 3.25. The van der Waals surface area contributed by atoms with Crippen LogP contribution >= 0.6 is 0 Å². The smallest absolute Gasteiger partial charge is 0.276 e. The highest BCUT2D eigenvalue weighted by Gasteiger charge is 2.27. The van der Waals surface area contributed by atoms with Gasteiger partial charge >= 0.3 is 0 Å². The Morgan fingerprint density at radius 3 is 2.59 bits per heavy atom. The number of anilines is 1. The molecule has 2 aromatic carbocycles. The van der Waals surface area contributed by atoms with Gasteiger partial charge < -0.3 is 5.32 Å². The number of nitrogens with one attached hydrogen (secondary N) is 1. The molecule has 0 atom stereocenters. The first-order valence-corrected chi connectivity index (χ1v) is 9.31. The Morgan fingerprint density at radius 1 is 1.11 bits per heavy atom. The Morgan fingerprint density at radius 2 is 1.85 bits per heavy atom. The van der Waals surface area contributed by atoms with Crippen LogP contribution in [0.15, 0.2) is 48.5 Å². The van der Waals surface area contributed by atoms with Gasteiger partial charge in [0.15, 0.2) is 5.69 Å². The first-order chi connectivity index (χ1) is 13.0. The van der Waals surface area contributed by atoms with Crippen molar-refractivity contribution in [3.05, 3.63) is 76.9 Å². The zero-order valence-corrected chi connectivity index (χ0v) is 15.5. The van der Waals surface area contributed by atoms with Crippen LogP contribution in [-0.4, -0.2) is 15.7 Å². The molecule has 4 nitrogen and oxygen atoms in total. The lowest BCUT2D eigenvalue weighted by atomic mass is 10.0. The Bertz CT molecular complexity index is 989. The van der Waals surface area contributed by atoms with Crippen LogP contribution in [0, 0.1) is 5.82 Å². The molecule has 27 heavy (non-hydrogen) atoms. The maximum Gasteiger partial charge on any atom is 0.276 e. The lowest BCUT2D eigenvalue weighted by molar-refractivity contribution is 0.102. The molecular weight excluding hydrogens is 341 g/mol. The van der Waals surface area contributed by atoms with Crippen LogP contribution in [0.3, 0.4) is 0 Å². The highest BCUT2D eigenvalue weighted by molar-refractivity contribution is 6.04. The Labute approximate surface area is 158 Å². The van der Waals surface area contributed by atoms with Gasteiger partial charge in [-0.3, -0.25) is 4.79 Å². The third kappa shape index (κ3) is 3.25. The quantitative estimate of drug-likeness (QED) is 0.718. The fourth-order valence-corrected chi connectivity index (χ4v) is 3.71. The van der Waals surface area contributed by atoms with E-state index in [2.05, 4.69) is 24.3 Å². The number of carbonyl (C=O) groups is 1. The highest BCUT2D eigenvalue weighted by atomic mass is 19.1. The number of halogens is 1. The lowest BCUT2D eigenvalue weighted by Gasteiger charge is -2.13. The summed E-state index contributed by atoms with van der Waals surface area (Å²) >= 11 is 0. The van der Waals surface area contributed by atoms with Crippen LogP contribution in [0.1, 0.15) is 53.5 Å². The standard InChI is InChI=1S/C22H22FN3O/c1-14(2)17-6-3-4-8-19(17)24-22(27)21-18-7-5-9-20(18)26(25-21)16-12-10-15(23)11-13-16/h3-4,6,8,10-14H,5,7,9H2,1-2H3,(H,24,27). The summed E-state index contributed by atoms with van der Waals surface area (Å²) in [6.07, 6.45) is 2.71. The van der Waals surface area contributed by atoms with Crippen LogP contribution < -0.4 is 5.32 Å². The van der Waals surface area contributed by atoms with Crippen molar-refractivity contribution in [2.45, 2.75) is 39.0 Å². The van der Waals surface area contributed by atoms with Gasteiger partial charge in [-0.05, 0) is 61.1 Å². The number of hydrogen-bond acceptors (Lipinski definition) is 2. The zero-order valence-electron chi connectivity index (χ0n) is 15.5. The van der Waals surface area contributed by atoms with Gasteiger partial charge in [-0.25, -0.2) is 9.07 Å². The van der Waals surface area contributed by atoms with E-state index in [4.69, 9.17) is 0 Å². The van der Waals surface area contributed by atoms with E-state index >= 15 is 0 Å². The Kier molecular flexibility index (Phi) is 4.52. The van der Waals surface area contributed by atoms with Crippen molar-refractivity contribution in [1.82, 2.24) is 9.78 Å². The molecule has 0 fully saturated rings. The summed E-state index contributed by atoms with van der Waals surface area (Å²) in [6, 6.07) is 14.1. The molecule has 0 radical (unpaired) electrons. The maximum absolute atomic E-state index is 13.3. The molecule has 3 aromatic rings. The molecule has 0 saturated heterocycles. The molecule has 0 bridgehead atoms. The van der Waals surface area contributed by atoms with E-state index < -0.39 is 0 Å². The van der Waals surface area contributed by atoms with E-state index in [-0.39, 0.29) is 11.7 Å². The van der Waals surface area contributed by atoms with Gasteiger partial charge in [0.1, 0.15) is 5.82 Å². The minimum absolute atomic E-state index is 0.192. The summed E-state index contributed by atoms with van der Waals surface area (Å²) in [5.41, 5.74) is 5.20. The molecule has 1 aliphatic carbocycles. The third-order valence-corrected chi connectivity index (χ3v) is 5.05. The fourth-order valence-electron chi connectivity index (χ4n) is 3.71. The lowest BCUT2D eigenvalue weighted by Crippen LogP contribution is -2.16. The molecule has 0 saturated carbocycles. The number of hydrogen-bond donors (Lipinski definition) is 1. The number of carbonyl (C=O) groups excluding carboxylic acids is 1. The van der Waals surface area contributed by atoms with Gasteiger partial charge in [0.25, 0.3) is 5.91 Å². The molecule has 5 heteroatoms. The Balaban J connectivity index is 1.70. The molecule has 1 heterocycles. The van der Waals surface area contributed by atoms with Crippen LogP contribution in [0.25, 0.3) is 5.69 Å². The largest absolute Gasteiger partial charge is 0.320 e. The second-order valence-corrected chi connectivity index (χ2v) is 7.21. The summed E-state index contributed by atoms with van der Waals surface area (Å²) in [5, 5.41) is 7.62. The fraction of sp³-hybridized carbons (Fsp3) is 0.273. The van der Waals surface area contributed by atoms with Crippen molar-refractivity contribution >= 4 is 11.6 Å². The predicted molar refractivity (Wildman–Crippen MR) is 104 cm³/mol. The molecule has 0 aliphatic heterocycles. The number of aromatic nitrogens is 2. The third-order valence-electron chi connectivity index (χ3n) is 5.05. The molecule has 0 spiro atoms. The second-order valence-electron chi connectivity index (χ2n) is 7.21. The van der Waals surface area contributed by atoms with Crippen molar-refractivity contribution in [2.24, 2.45) is 0 Å². The van der Waals surface area contributed by atoms with E-state index in [0.29, 0.717) is 11.6 Å². The Hall–Kier alpha value is -2.95. The first kappa shape index (κ1) is 17.5. The second kappa shape index (κ2) is 6.99. The van der Waals surface area contributed by atoms with Crippen molar-refractivity contribution in [2.75, 3.05) is 5.32 Å². The van der Waals surface area contributed by atoms with E-state index in [9.17, 15) is 9.18 Å². The van der Waals surface area contributed by atoms with Gasteiger partial charge in [-0.2, -0.15) is 5.10 Å². The van der Waals surface area contributed by atoms with Crippen LogP contribution in [-0.2, 0) is 12.8 Å².